The van der Waals surface area contributed by atoms with Crippen LogP contribution in [0.15, 0.2) is 96.9 Å². The summed E-state index contributed by atoms with van der Waals surface area (Å²) in [7, 11) is 0. The smallest absolute Gasteiger partial charge is 0.162 e. The zero-order chi connectivity index (χ0) is 52.9. The first kappa shape index (κ1) is 49.5. The Morgan fingerprint density at radius 2 is 1.06 bits per heavy atom. The number of allylic oxidation sites excluding steroid dienone is 2. The normalized spacial score (nSPS) is 15.7. The van der Waals surface area contributed by atoms with Crippen LogP contribution < -0.4 is 0 Å². The summed E-state index contributed by atoms with van der Waals surface area (Å²) in [5.74, 6) is 1.55. The zero-order valence-corrected chi connectivity index (χ0v) is 46.5. The summed E-state index contributed by atoms with van der Waals surface area (Å²) in [4.78, 5) is 20.9. The van der Waals surface area contributed by atoms with Crippen LogP contribution in [0.2, 0.25) is 0 Å². The topological polar surface area (TPSA) is 63.1 Å². The van der Waals surface area contributed by atoms with Gasteiger partial charge in [0.1, 0.15) is 5.76 Å². The number of pyridine rings is 2. The van der Waals surface area contributed by atoms with E-state index in [2.05, 4.69) is 138 Å². The summed E-state index contributed by atoms with van der Waals surface area (Å²) in [5.41, 5.74) is 10.4. The Balaban J connectivity index is 0.000000211. The van der Waals surface area contributed by atoms with Crippen molar-refractivity contribution < 1.29 is 35.5 Å². The summed E-state index contributed by atoms with van der Waals surface area (Å²) < 4.78 is 33.5. The molecule has 5 heteroatoms. The number of aromatic nitrogens is 2. The van der Waals surface area contributed by atoms with Crippen molar-refractivity contribution in [1.29, 1.82) is 0 Å². The molecule has 2 aromatic heterocycles. The zero-order valence-electron chi connectivity index (χ0n) is 48.2. The van der Waals surface area contributed by atoms with E-state index in [1.165, 1.54) is 79.7 Å². The maximum absolute atomic E-state index is 11.9. The van der Waals surface area contributed by atoms with E-state index in [1.54, 1.807) is 0 Å². The molecule has 0 aliphatic heterocycles. The number of rotatable bonds is 11. The third kappa shape index (κ3) is 13.9. The maximum Gasteiger partial charge on any atom is 0.162 e. The molecular formula is C64H82IrN2O2-2. The molecule has 2 aliphatic rings. The van der Waals surface area contributed by atoms with E-state index in [-0.39, 0.29) is 78.2 Å². The molecule has 2 aliphatic carbocycles. The number of hydrogen-bond acceptors (Lipinski definition) is 4. The first-order chi connectivity index (χ1) is 33.9. The van der Waals surface area contributed by atoms with Crippen LogP contribution in [0.5, 0.6) is 0 Å². The third-order valence-electron chi connectivity index (χ3n) is 15.1. The van der Waals surface area contributed by atoms with Gasteiger partial charge in [0, 0.05) is 49.9 Å². The fourth-order valence-electron chi connectivity index (χ4n) is 9.87. The second-order valence-corrected chi connectivity index (χ2v) is 22.1. The number of carbonyl (C=O) groups excluding carboxylic acids is 1. The molecule has 371 valence electrons. The number of aryl methyl sites for hydroxylation is 2. The van der Waals surface area contributed by atoms with Gasteiger partial charge in [-0.25, -0.2) is 0 Å². The Morgan fingerprint density at radius 3 is 1.41 bits per heavy atom. The van der Waals surface area contributed by atoms with Crippen molar-refractivity contribution in [3.63, 3.8) is 0 Å². The van der Waals surface area contributed by atoms with Crippen LogP contribution in [0.25, 0.3) is 44.1 Å². The Labute approximate surface area is 436 Å². The number of ketones is 1. The molecule has 4 nitrogen and oxygen atoms in total. The number of aliphatic hydroxyl groups excluding tert-OH is 1. The predicted octanol–water partition coefficient (Wildman–Crippen LogP) is 18.2. The molecular weight excluding hydrogens is 1020 g/mol. The molecule has 0 amide bonds. The van der Waals surface area contributed by atoms with Crippen LogP contribution in [0, 0.1) is 37.3 Å². The Kier molecular flexibility index (Phi) is 17.3. The van der Waals surface area contributed by atoms with Gasteiger partial charge in [-0.15, -0.1) is 69.8 Å². The van der Waals surface area contributed by atoms with Gasteiger partial charge in [0.05, 0.1) is 5.48 Å². The summed E-state index contributed by atoms with van der Waals surface area (Å²) >= 11 is 0. The third-order valence-corrected chi connectivity index (χ3v) is 15.1. The summed E-state index contributed by atoms with van der Waals surface area (Å²) in [5, 5.41) is 13.6. The number of benzene rings is 4. The van der Waals surface area contributed by atoms with Gasteiger partial charge in [0.25, 0.3) is 0 Å². The van der Waals surface area contributed by atoms with Crippen LogP contribution in [0.4, 0.5) is 0 Å². The van der Waals surface area contributed by atoms with Gasteiger partial charge in [-0.05, 0) is 130 Å². The van der Waals surface area contributed by atoms with Crippen molar-refractivity contribution in [3.05, 3.63) is 142 Å². The Hall–Kier alpha value is -4.44. The number of hydrogen-bond donors (Lipinski definition) is 1. The van der Waals surface area contributed by atoms with Gasteiger partial charge in [0.15, 0.2) is 5.78 Å². The summed E-state index contributed by atoms with van der Waals surface area (Å²) in [6.45, 7) is 27.4. The molecule has 2 heterocycles. The quantitative estimate of drug-likeness (QED) is 0.0798. The van der Waals surface area contributed by atoms with Crippen molar-refractivity contribution in [2.45, 2.75) is 190 Å². The standard InChI is InChI=1S/2C25H28N.C14H26O2.Ir/c2*1-17-13-21(16-22(14-17)25(2,3)4)24-23-10-9-19(18-7-5-6-8-18)15-20(23)11-12-26-24;1-6-11(7-2)12(15)10-13(16)14(5,8-3)9-4;/h2*9-12,14-16,18H,5-8H2,1-4H3;10-11,16H,6-9H2,1-5H3;/q2*-1;;/b;;13-10-;/i2*11D,12D;;. The molecule has 0 spiro atoms. The van der Waals surface area contributed by atoms with Crippen molar-refractivity contribution >= 4 is 27.3 Å². The fourth-order valence-corrected chi connectivity index (χ4v) is 9.87. The Bertz CT molecular complexity index is 2740. The number of aliphatic hydroxyl groups is 1. The van der Waals surface area contributed by atoms with Gasteiger partial charge in [-0.2, -0.15) is 0 Å². The van der Waals surface area contributed by atoms with Gasteiger partial charge < -0.3 is 15.1 Å². The van der Waals surface area contributed by atoms with Crippen LogP contribution >= 0.6 is 0 Å². The molecule has 0 bridgehead atoms. The Morgan fingerprint density at radius 1 is 0.667 bits per heavy atom. The molecule has 8 rings (SSSR count). The van der Waals surface area contributed by atoms with E-state index in [0.29, 0.717) is 11.8 Å². The van der Waals surface area contributed by atoms with Crippen molar-refractivity contribution in [2.75, 3.05) is 0 Å². The molecule has 2 fully saturated rings. The largest absolute Gasteiger partial charge is 0.512 e. The van der Waals surface area contributed by atoms with E-state index < -0.39 is 0 Å². The summed E-state index contributed by atoms with van der Waals surface area (Å²) in [6.07, 6.45) is 15.0. The second kappa shape index (κ2) is 24.1. The van der Waals surface area contributed by atoms with Gasteiger partial charge in [0.2, 0.25) is 0 Å². The van der Waals surface area contributed by atoms with E-state index in [4.69, 9.17) is 5.48 Å². The van der Waals surface area contributed by atoms with Gasteiger partial charge >= 0.3 is 0 Å². The first-order valence-electron chi connectivity index (χ1n) is 27.8. The molecule has 1 N–H and O–H groups in total. The van der Waals surface area contributed by atoms with Crippen LogP contribution in [0.3, 0.4) is 0 Å². The van der Waals surface area contributed by atoms with Gasteiger partial charge in [-0.3, -0.25) is 4.79 Å². The minimum Gasteiger partial charge on any atom is -0.512 e. The van der Waals surface area contributed by atoms with E-state index >= 15 is 0 Å². The monoisotopic (exact) mass is 1110 g/mol. The molecule has 1 radical (unpaired) electrons. The van der Waals surface area contributed by atoms with E-state index in [1.807, 2.05) is 34.6 Å². The number of carbonyl (C=O) groups is 1. The first-order valence-corrected chi connectivity index (χ1v) is 25.8. The fraction of sp³-hybridized carbons (Fsp3) is 0.484. The molecule has 2 saturated carbocycles. The molecule has 0 saturated heterocycles. The van der Waals surface area contributed by atoms with Crippen molar-refractivity contribution in [3.8, 4) is 22.5 Å². The average Bonchev–Trinajstić information content (AvgIpc) is 4.10. The summed E-state index contributed by atoms with van der Waals surface area (Å²) in [6, 6.07) is 28.8. The predicted molar refractivity (Wildman–Crippen MR) is 290 cm³/mol. The van der Waals surface area contributed by atoms with Crippen molar-refractivity contribution in [2.24, 2.45) is 11.3 Å². The minimum absolute atomic E-state index is 0. The SMILES string of the molecule is CCC(CC)C(=O)/C=C(\O)C(C)(CC)CC.[2H]c1nc(-c2[c-]c(C)cc(C(C)(C)C)c2)c2ccc(C3CCCC3)cc2c1[2H].[2H]c1nc(-c2[c-]c(C)cc(C(C)(C)C)c2)c2ccc(C3CCCC3)cc2c1[2H].[Ir]. The maximum atomic E-state index is 11.9. The van der Waals surface area contributed by atoms with Gasteiger partial charge in [-0.1, -0.05) is 152 Å². The average molecular weight is 1110 g/mol. The van der Waals surface area contributed by atoms with E-state index in [0.717, 1.165) is 80.9 Å². The second-order valence-electron chi connectivity index (χ2n) is 22.1. The molecule has 6 aromatic rings. The van der Waals surface area contributed by atoms with Crippen LogP contribution in [-0.2, 0) is 35.7 Å². The minimum atomic E-state index is -0.248. The number of nitrogens with zero attached hydrogens (tertiary/aromatic N) is 2. The molecule has 4 aromatic carbocycles. The van der Waals surface area contributed by atoms with E-state index in [9.17, 15) is 9.90 Å². The molecule has 0 unspecified atom stereocenters. The van der Waals surface area contributed by atoms with Crippen LogP contribution in [0.1, 0.15) is 204 Å². The molecule has 69 heavy (non-hydrogen) atoms. The molecule has 0 atom stereocenters. The van der Waals surface area contributed by atoms with Crippen LogP contribution in [-0.4, -0.2) is 20.9 Å². The van der Waals surface area contributed by atoms with Crippen molar-refractivity contribution in [1.82, 2.24) is 9.97 Å². The number of fused-ring (bicyclic) bond motifs is 2.